The lowest BCUT2D eigenvalue weighted by Gasteiger charge is -2.21. The molecule has 6 heteroatoms. The fraction of sp³-hybridized carbons (Fsp3) is 0.500. The molecular formula is C14H20N2O3S. The molecule has 0 spiro atoms. The number of carbonyl (C=O) groups is 1. The van der Waals surface area contributed by atoms with Crippen LogP contribution in [0.3, 0.4) is 0 Å². The zero-order chi connectivity index (χ0) is 14.8. The van der Waals surface area contributed by atoms with Crippen LogP contribution in [0.2, 0.25) is 0 Å². The maximum absolute atomic E-state index is 12.6. The zero-order valence-electron chi connectivity index (χ0n) is 11.9. The summed E-state index contributed by atoms with van der Waals surface area (Å²) >= 11 is 0. The molecule has 0 atom stereocenters. The van der Waals surface area contributed by atoms with E-state index in [9.17, 15) is 13.2 Å². The number of sulfonamides is 1. The molecule has 1 saturated heterocycles. The van der Waals surface area contributed by atoms with E-state index >= 15 is 0 Å². The van der Waals surface area contributed by atoms with Crippen LogP contribution < -0.4 is 0 Å². The van der Waals surface area contributed by atoms with E-state index in [0.717, 1.165) is 5.56 Å². The zero-order valence-corrected chi connectivity index (χ0v) is 12.7. The van der Waals surface area contributed by atoms with Gasteiger partial charge in [0.1, 0.15) is 0 Å². The first-order chi connectivity index (χ1) is 9.41. The molecule has 5 nitrogen and oxygen atoms in total. The van der Waals surface area contributed by atoms with Crippen LogP contribution in [0.15, 0.2) is 29.2 Å². The number of carbonyl (C=O) groups excluding carboxylic acids is 1. The molecule has 20 heavy (non-hydrogen) atoms. The van der Waals surface area contributed by atoms with Crippen molar-refractivity contribution in [2.45, 2.75) is 25.2 Å². The van der Waals surface area contributed by atoms with Crippen molar-refractivity contribution in [3.8, 4) is 0 Å². The Morgan fingerprint density at radius 2 is 1.70 bits per heavy atom. The summed E-state index contributed by atoms with van der Waals surface area (Å²) < 4.78 is 26.6. The highest BCUT2D eigenvalue weighted by Crippen LogP contribution is 2.18. The lowest BCUT2D eigenvalue weighted by atomic mass is 10.2. The first-order valence-corrected chi connectivity index (χ1v) is 8.17. The van der Waals surface area contributed by atoms with Gasteiger partial charge in [-0.15, -0.1) is 0 Å². The van der Waals surface area contributed by atoms with Crippen molar-refractivity contribution in [2.75, 3.05) is 26.2 Å². The Morgan fingerprint density at radius 1 is 1.05 bits per heavy atom. The van der Waals surface area contributed by atoms with Crippen molar-refractivity contribution < 1.29 is 13.2 Å². The molecule has 0 aromatic heterocycles. The van der Waals surface area contributed by atoms with Crippen molar-refractivity contribution in [3.63, 3.8) is 0 Å². The average molecular weight is 296 g/mol. The van der Waals surface area contributed by atoms with Gasteiger partial charge in [-0.05, 0) is 25.5 Å². The Morgan fingerprint density at radius 3 is 2.30 bits per heavy atom. The second-order valence-electron chi connectivity index (χ2n) is 5.08. The minimum Gasteiger partial charge on any atom is -0.342 e. The Labute approximate surface area is 120 Å². The Balaban J connectivity index is 2.18. The van der Waals surface area contributed by atoms with E-state index in [-0.39, 0.29) is 5.91 Å². The lowest BCUT2D eigenvalue weighted by Crippen LogP contribution is -2.36. The summed E-state index contributed by atoms with van der Waals surface area (Å²) in [6.07, 6.45) is 0.671. The van der Waals surface area contributed by atoms with Crippen LogP contribution in [0.5, 0.6) is 0 Å². The van der Waals surface area contributed by atoms with E-state index in [0.29, 0.717) is 37.5 Å². The molecule has 2 rings (SSSR count). The number of benzene rings is 1. The van der Waals surface area contributed by atoms with Crippen LogP contribution in [0.4, 0.5) is 0 Å². The minimum atomic E-state index is -3.46. The van der Waals surface area contributed by atoms with E-state index in [2.05, 4.69) is 0 Å². The highest BCUT2D eigenvalue weighted by atomic mass is 32.2. The van der Waals surface area contributed by atoms with Gasteiger partial charge in [0.25, 0.3) is 0 Å². The second kappa shape index (κ2) is 5.93. The molecule has 0 radical (unpaired) electrons. The molecule has 0 bridgehead atoms. The molecule has 0 saturated carbocycles. The fourth-order valence-corrected chi connectivity index (χ4v) is 3.78. The lowest BCUT2D eigenvalue weighted by molar-refractivity contribution is -0.128. The summed E-state index contributed by atoms with van der Waals surface area (Å²) in [5.41, 5.74) is 1.03. The largest absolute Gasteiger partial charge is 0.342 e. The van der Waals surface area contributed by atoms with Gasteiger partial charge in [-0.1, -0.05) is 17.7 Å². The summed E-state index contributed by atoms with van der Waals surface area (Å²) in [4.78, 5) is 13.4. The van der Waals surface area contributed by atoms with Gasteiger partial charge in [0.15, 0.2) is 0 Å². The third-order valence-electron chi connectivity index (χ3n) is 3.56. The van der Waals surface area contributed by atoms with Crippen LogP contribution in [-0.4, -0.2) is 49.7 Å². The van der Waals surface area contributed by atoms with E-state index in [4.69, 9.17) is 0 Å². The Kier molecular flexibility index (Phi) is 4.45. The summed E-state index contributed by atoms with van der Waals surface area (Å²) in [5, 5.41) is 0. The number of aryl methyl sites for hydroxylation is 1. The van der Waals surface area contributed by atoms with Gasteiger partial charge in [-0.25, -0.2) is 8.42 Å². The van der Waals surface area contributed by atoms with Crippen molar-refractivity contribution in [2.24, 2.45) is 0 Å². The van der Waals surface area contributed by atoms with Gasteiger partial charge in [0.2, 0.25) is 15.9 Å². The van der Waals surface area contributed by atoms with Gasteiger partial charge in [-0.3, -0.25) is 4.79 Å². The van der Waals surface area contributed by atoms with Crippen molar-refractivity contribution in [3.05, 3.63) is 29.8 Å². The van der Waals surface area contributed by atoms with Gasteiger partial charge >= 0.3 is 0 Å². The van der Waals surface area contributed by atoms with E-state index < -0.39 is 10.0 Å². The van der Waals surface area contributed by atoms with Crippen molar-refractivity contribution in [1.29, 1.82) is 0 Å². The molecule has 1 amide bonds. The molecule has 1 fully saturated rings. The van der Waals surface area contributed by atoms with Gasteiger partial charge < -0.3 is 4.90 Å². The third kappa shape index (κ3) is 3.19. The van der Waals surface area contributed by atoms with E-state index in [1.807, 2.05) is 6.92 Å². The smallest absolute Gasteiger partial charge is 0.243 e. The van der Waals surface area contributed by atoms with Gasteiger partial charge in [0.05, 0.1) is 4.90 Å². The van der Waals surface area contributed by atoms with Crippen LogP contribution in [-0.2, 0) is 14.8 Å². The van der Waals surface area contributed by atoms with Crippen molar-refractivity contribution in [1.82, 2.24) is 9.21 Å². The number of amides is 1. The number of nitrogens with zero attached hydrogens (tertiary/aromatic N) is 2. The number of hydrogen-bond acceptors (Lipinski definition) is 3. The molecule has 1 aliphatic heterocycles. The highest BCUT2D eigenvalue weighted by molar-refractivity contribution is 7.89. The average Bonchev–Trinajstić information content (AvgIpc) is 2.65. The van der Waals surface area contributed by atoms with E-state index in [1.165, 1.54) is 11.2 Å². The van der Waals surface area contributed by atoms with Crippen LogP contribution >= 0.6 is 0 Å². The second-order valence-corrected chi connectivity index (χ2v) is 7.01. The Bertz CT molecular complexity index is 581. The van der Waals surface area contributed by atoms with Crippen LogP contribution in [0, 0.1) is 6.92 Å². The summed E-state index contributed by atoms with van der Waals surface area (Å²) in [6, 6.07) is 6.87. The molecule has 1 heterocycles. The fourth-order valence-electron chi connectivity index (χ4n) is 2.31. The monoisotopic (exact) mass is 296 g/mol. The first-order valence-electron chi connectivity index (χ1n) is 6.73. The van der Waals surface area contributed by atoms with Crippen LogP contribution in [0.25, 0.3) is 0 Å². The number of hydrogen-bond donors (Lipinski definition) is 0. The molecule has 0 aliphatic carbocycles. The predicted molar refractivity (Wildman–Crippen MR) is 76.8 cm³/mol. The SMILES string of the molecule is CC(=O)N1CCCN(S(=O)(=O)c2ccc(C)cc2)CC1. The summed E-state index contributed by atoms with van der Waals surface area (Å²) in [6.45, 7) is 5.34. The van der Waals surface area contributed by atoms with E-state index in [1.54, 1.807) is 29.2 Å². The maximum Gasteiger partial charge on any atom is 0.243 e. The molecular weight excluding hydrogens is 276 g/mol. The molecule has 110 valence electrons. The maximum atomic E-state index is 12.6. The highest BCUT2D eigenvalue weighted by Gasteiger charge is 2.27. The topological polar surface area (TPSA) is 57.7 Å². The summed E-state index contributed by atoms with van der Waals surface area (Å²) in [7, 11) is -3.46. The molecule has 0 unspecified atom stereocenters. The molecule has 0 N–H and O–H groups in total. The Hall–Kier alpha value is -1.40. The van der Waals surface area contributed by atoms with Crippen LogP contribution in [0.1, 0.15) is 18.9 Å². The quantitative estimate of drug-likeness (QED) is 0.825. The summed E-state index contributed by atoms with van der Waals surface area (Å²) in [5.74, 6) is -0.000385. The standard InChI is InChI=1S/C14H20N2O3S/c1-12-4-6-14(7-5-12)20(18,19)16-9-3-8-15(10-11-16)13(2)17/h4-7H,3,8-11H2,1-2H3. The first kappa shape index (κ1) is 15.0. The van der Waals surface area contributed by atoms with Gasteiger partial charge in [0, 0.05) is 33.1 Å². The number of rotatable bonds is 2. The molecule has 1 aromatic carbocycles. The normalized spacial score (nSPS) is 17.8. The predicted octanol–water partition coefficient (Wildman–Crippen LogP) is 1.24. The molecule has 1 aromatic rings. The van der Waals surface area contributed by atoms with Gasteiger partial charge in [-0.2, -0.15) is 4.31 Å². The van der Waals surface area contributed by atoms with Crippen molar-refractivity contribution >= 4 is 15.9 Å². The third-order valence-corrected chi connectivity index (χ3v) is 5.47. The molecule has 1 aliphatic rings. The minimum absolute atomic E-state index is 0.000385.